The highest BCUT2D eigenvalue weighted by molar-refractivity contribution is 5.84. The average Bonchev–Trinajstić information content (AvgIpc) is 3.04. The summed E-state index contributed by atoms with van der Waals surface area (Å²) in [5, 5.41) is 8.72. The molecule has 0 spiro atoms. The normalized spacial score (nSPS) is 10.7. The number of ether oxygens (including phenoxy) is 1. The Bertz CT molecular complexity index is 727. The topological polar surface area (TPSA) is 85.7 Å². The van der Waals surface area contributed by atoms with Crippen molar-refractivity contribution in [1.29, 1.82) is 0 Å². The Morgan fingerprint density at radius 2 is 2.21 bits per heavy atom. The Hall–Kier alpha value is -2.76. The van der Waals surface area contributed by atoms with E-state index in [0.29, 0.717) is 17.1 Å². The van der Waals surface area contributed by atoms with Gasteiger partial charge in [-0.05, 0) is 24.3 Å². The zero-order chi connectivity index (χ0) is 13.2. The molecule has 0 aliphatic rings. The number of benzene rings is 1. The van der Waals surface area contributed by atoms with Crippen LogP contribution in [0.25, 0.3) is 11.1 Å². The molecule has 0 aliphatic heterocycles. The zero-order valence-electron chi connectivity index (χ0n) is 9.70. The summed E-state index contributed by atoms with van der Waals surface area (Å²) in [6, 6.07) is 8.20. The number of fused-ring (bicyclic) bond motifs is 1. The molecular formula is C13H9NO5. The van der Waals surface area contributed by atoms with Crippen LogP contribution in [0.3, 0.4) is 0 Å². The minimum Gasteiger partial charge on any atom is -0.486 e. The lowest BCUT2D eigenvalue weighted by atomic mass is 10.3. The van der Waals surface area contributed by atoms with E-state index in [4.69, 9.17) is 18.7 Å². The fourth-order valence-corrected chi connectivity index (χ4v) is 1.65. The van der Waals surface area contributed by atoms with Crippen molar-refractivity contribution < 1.29 is 23.5 Å². The largest absolute Gasteiger partial charge is 0.486 e. The maximum atomic E-state index is 10.7. The number of hydrogen-bond acceptors (Lipinski definition) is 5. The van der Waals surface area contributed by atoms with Crippen molar-refractivity contribution in [3.8, 4) is 5.75 Å². The van der Waals surface area contributed by atoms with Crippen molar-refractivity contribution in [3.63, 3.8) is 0 Å². The minimum atomic E-state index is -1.10. The molecule has 0 aliphatic carbocycles. The van der Waals surface area contributed by atoms with Crippen molar-refractivity contribution in [3.05, 3.63) is 48.2 Å². The Morgan fingerprint density at radius 1 is 1.32 bits per heavy atom. The van der Waals surface area contributed by atoms with Crippen molar-refractivity contribution >= 4 is 17.1 Å². The van der Waals surface area contributed by atoms with E-state index in [1.807, 2.05) is 0 Å². The number of carboxylic acids is 1. The quantitative estimate of drug-likeness (QED) is 0.775. The monoisotopic (exact) mass is 259 g/mol. The highest BCUT2D eigenvalue weighted by Crippen LogP contribution is 2.21. The van der Waals surface area contributed by atoms with E-state index in [-0.39, 0.29) is 12.4 Å². The fraction of sp³-hybridized carbons (Fsp3) is 0.0769. The van der Waals surface area contributed by atoms with Gasteiger partial charge in [-0.1, -0.05) is 0 Å². The summed E-state index contributed by atoms with van der Waals surface area (Å²) in [6.07, 6.45) is 1.36. The molecule has 96 valence electrons. The summed E-state index contributed by atoms with van der Waals surface area (Å²) in [5.74, 6) is -0.175. The van der Waals surface area contributed by atoms with Gasteiger partial charge in [0.25, 0.3) is 0 Å². The maximum absolute atomic E-state index is 10.7. The molecule has 0 saturated carbocycles. The first kappa shape index (κ1) is 11.3. The van der Waals surface area contributed by atoms with Crippen LogP contribution < -0.4 is 4.74 Å². The Morgan fingerprint density at radius 3 is 3.00 bits per heavy atom. The van der Waals surface area contributed by atoms with E-state index in [9.17, 15) is 4.79 Å². The number of aromatic carboxylic acids is 1. The lowest BCUT2D eigenvalue weighted by molar-refractivity contribution is 0.0658. The molecule has 19 heavy (non-hydrogen) atoms. The molecule has 0 unspecified atom stereocenters. The van der Waals surface area contributed by atoms with Crippen LogP contribution in [0.5, 0.6) is 5.75 Å². The van der Waals surface area contributed by atoms with Gasteiger partial charge in [-0.25, -0.2) is 9.78 Å². The Balaban J connectivity index is 1.72. The van der Waals surface area contributed by atoms with Crippen LogP contribution in [0.1, 0.15) is 16.3 Å². The van der Waals surface area contributed by atoms with Gasteiger partial charge in [0.1, 0.15) is 23.6 Å². The highest BCUT2D eigenvalue weighted by Gasteiger charge is 2.09. The molecule has 6 nitrogen and oxygen atoms in total. The first-order valence-electron chi connectivity index (χ1n) is 5.50. The van der Waals surface area contributed by atoms with Gasteiger partial charge in [0.15, 0.2) is 12.0 Å². The maximum Gasteiger partial charge on any atom is 0.371 e. The van der Waals surface area contributed by atoms with Crippen LogP contribution in [0.15, 0.2) is 45.6 Å². The molecule has 6 heteroatoms. The van der Waals surface area contributed by atoms with Crippen molar-refractivity contribution in [1.82, 2.24) is 4.98 Å². The van der Waals surface area contributed by atoms with Gasteiger partial charge >= 0.3 is 5.97 Å². The van der Waals surface area contributed by atoms with Crippen LogP contribution >= 0.6 is 0 Å². The van der Waals surface area contributed by atoms with Crippen molar-refractivity contribution in [2.45, 2.75) is 6.61 Å². The van der Waals surface area contributed by atoms with Crippen LogP contribution in [0.4, 0.5) is 0 Å². The van der Waals surface area contributed by atoms with E-state index in [0.717, 1.165) is 5.52 Å². The van der Waals surface area contributed by atoms with Gasteiger partial charge in [0, 0.05) is 6.07 Å². The fourth-order valence-electron chi connectivity index (χ4n) is 1.65. The summed E-state index contributed by atoms with van der Waals surface area (Å²) in [5.41, 5.74) is 1.38. The number of carbonyl (C=O) groups is 1. The van der Waals surface area contributed by atoms with Crippen LogP contribution in [0.2, 0.25) is 0 Å². The molecular weight excluding hydrogens is 250 g/mol. The molecule has 0 atom stereocenters. The molecule has 0 saturated heterocycles. The third-order valence-electron chi connectivity index (χ3n) is 2.56. The molecule has 0 radical (unpaired) electrons. The van der Waals surface area contributed by atoms with Crippen molar-refractivity contribution in [2.75, 3.05) is 0 Å². The standard InChI is InChI=1S/C13H9NO5/c15-13(16)11-4-2-9(19-11)6-17-8-1-3-10-12(5-8)18-7-14-10/h1-5,7H,6H2,(H,15,16). The molecule has 0 fully saturated rings. The highest BCUT2D eigenvalue weighted by atomic mass is 16.5. The van der Waals surface area contributed by atoms with Gasteiger partial charge < -0.3 is 18.7 Å². The number of hydrogen-bond donors (Lipinski definition) is 1. The van der Waals surface area contributed by atoms with Crippen LogP contribution in [0, 0.1) is 0 Å². The van der Waals surface area contributed by atoms with Crippen molar-refractivity contribution in [2.24, 2.45) is 0 Å². The minimum absolute atomic E-state index is 0.107. The number of furan rings is 1. The zero-order valence-corrected chi connectivity index (χ0v) is 9.70. The van der Waals surface area contributed by atoms with Gasteiger partial charge in [-0.15, -0.1) is 0 Å². The Kier molecular flexibility index (Phi) is 2.68. The van der Waals surface area contributed by atoms with Gasteiger partial charge in [-0.2, -0.15) is 0 Å². The summed E-state index contributed by atoms with van der Waals surface area (Å²) in [7, 11) is 0. The number of carboxylic acid groups (broad SMARTS) is 1. The second-order valence-electron chi connectivity index (χ2n) is 3.84. The Labute approximate surface area is 107 Å². The van der Waals surface area contributed by atoms with Gasteiger partial charge in [0.05, 0.1) is 0 Å². The summed E-state index contributed by atoms with van der Waals surface area (Å²) in [6.45, 7) is 0.146. The van der Waals surface area contributed by atoms with Gasteiger partial charge in [-0.3, -0.25) is 0 Å². The number of oxazole rings is 1. The number of nitrogens with zero attached hydrogens (tertiary/aromatic N) is 1. The molecule has 2 aromatic heterocycles. The average molecular weight is 259 g/mol. The molecule has 3 aromatic rings. The van der Waals surface area contributed by atoms with Crippen LogP contribution in [-0.2, 0) is 6.61 Å². The van der Waals surface area contributed by atoms with Crippen LogP contribution in [-0.4, -0.2) is 16.1 Å². The number of rotatable bonds is 4. The lowest BCUT2D eigenvalue weighted by Crippen LogP contribution is -1.95. The second kappa shape index (κ2) is 4.49. The predicted molar refractivity (Wildman–Crippen MR) is 64.0 cm³/mol. The van der Waals surface area contributed by atoms with E-state index in [1.165, 1.54) is 12.5 Å². The molecule has 2 heterocycles. The first-order valence-corrected chi connectivity index (χ1v) is 5.50. The lowest BCUT2D eigenvalue weighted by Gasteiger charge is -2.03. The SMILES string of the molecule is O=C(O)c1ccc(COc2ccc3ncoc3c2)o1. The molecule has 1 N–H and O–H groups in total. The van der Waals surface area contributed by atoms with E-state index in [2.05, 4.69) is 4.98 Å². The van der Waals surface area contributed by atoms with E-state index < -0.39 is 5.97 Å². The molecule has 1 aromatic carbocycles. The first-order chi connectivity index (χ1) is 9.22. The predicted octanol–water partition coefficient (Wildman–Crippen LogP) is 2.70. The summed E-state index contributed by atoms with van der Waals surface area (Å²) >= 11 is 0. The molecule has 0 bridgehead atoms. The summed E-state index contributed by atoms with van der Waals surface area (Å²) < 4.78 is 15.7. The molecule has 3 rings (SSSR count). The van der Waals surface area contributed by atoms with E-state index >= 15 is 0 Å². The van der Waals surface area contributed by atoms with E-state index in [1.54, 1.807) is 24.3 Å². The number of aromatic nitrogens is 1. The second-order valence-corrected chi connectivity index (χ2v) is 3.84. The smallest absolute Gasteiger partial charge is 0.371 e. The van der Waals surface area contributed by atoms with Gasteiger partial charge in [0.2, 0.25) is 5.76 Å². The summed E-state index contributed by atoms with van der Waals surface area (Å²) in [4.78, 5) is 14.6. The molecule has 0 amide bonds. The third-order valence-corrected chi connectivity index (χ3v) is 2.56. The third kappa shape index (κ3) is 2.28.